The molecule has 0 heterocycles. The van der Waals surface area contributed by atoms with Gasteiger partial charge in [0.25, 0.3) is 0 Å². The minimum Gasteiger partial charge on any atom is -0.493 e. The fourth-order valence-electron chi connectivity index (χ4n) is 2.52. The number of hydrogen-bond acceptors (Lipinski definition) is 4. The van der Waals surface area contributed by atoms with E-state index in [0.29, 0.717) is 18.1 Å². The zero-order valence-corrected chi connectivity index (χ0v) is 13.2. The van der Waals surface area contributed by atoms with Crippen molar-refractivity contribution in [3.05, 3.63) is 65.7 Å². The highest BCUT2D eigenvalue weighted by Crippen LogP contribution is 2.34. The Hall–Kier alpha value is -3.21. The van der Waals surface area contributed by atoms with Crippen LogP contribution >= 0.6 is 0 Å². The summed E-state index contributed by atoms with van der Waals surface area (Å²) in [7, 11) is 1.55. The summed E-state index contributed by atoms with van der Waals surface area (Å²) in [6.45, 7) is 0.408. The van der Waals surface area contributed by atoms with E-state index in [1.165, 1.54) is 6.07 Å². The molecule has 0 saturated carbocycles. The summed E-state index contributed by atoms with van der Waals surface area (Å²) in [6, 6.07) is 16.5. The lowest BCUT2D eigenvalue weighted by atomic mass is 10.0. The van der Waals surface area contributed by atoms with E-state index in [9.17, 15) is 9.90 Å². The van der Waals surface area contributed by atoms with E-state index >= 15 is 0 Å². The number of aromatic carboxylic acids is 1. The Kier molecular flexibility index (Phi) is 4.24. The largest absolute Gasteiger partial charge is 0.493 e. The molecular weight excluding hydrogens is 306 g/mol. The zero-order chi connectivity index (χ0) is 17.1. The lowest BCUT2D eigenvalue weighted by Gasteiger charge is -2.13. The number of nitrogens with two attached hydrogens (primary N) is 1. The number of carbonyl (C=O) groups is 1. The van der Waals surface area contributed by atoms with Crippen LogP contribution in [-0.2, 0) is 6.61 Å². The van der Waals surface area contributed by atoms with Gasteiger partial charge in [0.1, 0.15) is 6.61 Å². The number of benzene rings is 3. The number of ether oxygens (including phenoxy) is 2. The van der Waals surface area contributed by atoms with Crippen LogP contribution < -0.4 is 15.2 Å². The average molecular weight is 323 g/mol. The third kappa shape index (κ3) is 3.10. The first kappa shape index (κ1) is 15.7. The van der Waals surface area contributed by atoms with E-state index in [1.54, 1.807) is 25.3 Å². The normalized spacial score (nSPS) is 10.5. The molecule has 3 rings (SSSR count). The molecule has 5 nitrogen and oxygen atoms in total. The molecule has 5 heteroatoms. The molecule has 3 aromatic carbocycles. The summed E-state index contributed by atoms with van der Waals surface area (Å²) in [5.74, 6) is 0.0636. The quantitative estimate of drug-likeness (QED) is 0.700. The monoisotopic (exact) mass is 323 g/mol. The number of methoxy groups -OCH3 is 1. The fourth-order valence-corrected chi connectivity index (χ4v) is 2.52. The Labute approximate surface area is 139 Å². The Balaban J connectivity index is 1.98. The molecule has 0 fully saturated rings. The molecule has 3 aromatic rings. The maximum absolute atomic E-state index is 11.2. The smallest absolute Gasteiger partial charge is 0.337 e. The molecule has 0 amide bonds. The first-order chi connectivity index (χ1) is 11.6. The van der Waals surface area contributed by atoms with Crippen LogP contribution in [0.15, 0.2) is 54.6 Å². The van der Waals surface area contributed by atoms with Crippen molar-refractivity contribution in [1.82, 2.24) is 0 Å². The average Bonchev–Trinajstić information content (AvgIpc) is 2.59. The van der Waals surface area contributed by atoms with Crippen LogP contribution in [0.3, 0.4) is 0 Å². The number of carboxylic acids is 1. The molecule has 122 valence electrons. The van der Waals surface area contributed by atoms with Gasteiger partial charge in [0.15, 0.2) is 11.5 Å². The zero-order valence-electron chi connectivity index (χ0n) is 13.2. The summed E-state index contributed by atoms with van der Waals surface area (Å²) >= 11 is 0. The third-order valence-corrected chi connectivity index (χ3v) is 3.76. The lowest BCUT2D eigenvalue weighted by molar-refractivity contribution is 0.0698. The highest BCUT2D eigenvalue weighted by Gasteiger charge is 2.13. The summed E-state index contributed by atoms with van der Waals surface area (Å²) in [6.07, 6.45) is 0. The summed E-state index contributed by atoms with van der Waals surface area (Å²) in [4.78, 5) is 11.2. The first-order valence-electron chi connectivity index (χ1n) is 7.40. The second-order valence-corrected chi connectivity index (χ2v) is 5.37. The van der Waals surface area contributed by atoms with Crippen molar-refractivity contribution >= 4 is 22.4 Å². The Morgan fingerprint density at radius 2 is 1.71 bits per heavy atom. The van der Waals surface area contributed by atoms with Crippen molar-refractivity contribution < 1.29 is 19.4 Å². The maximum Gasteiger partial charge on any atom is 0.337 e. The molecule has 24 heavy (non-hydrogen) atoms. The van der Waals surface area contributed by atoms with Crippen LogP contribution in [0.4, 0.5) is 5.69 Å². The van der Waals surface area contributed by atoms with Gasteiger partial charge in [-0.25, -0.2) is 4.79 Å². The van der Waals surface area contributed by atoms with E-state index in [4.69, 9.17) is 15.2 Å². The highest BCUT2D eigenvalue weighted by atomic mass is 16.5. The minimum absolute atomic E-state index is 0.0718. The van der Waals surface area contributed by atoms with Crippen molar-refractivity contribution in [2.75, 3.05) is 12.8 Å². The minimum atomic E-state index is -1.06. The molecule has 0 spiro atoms. The van der Waals surface area contributed by atoms with Crippen LogP contribution in [0.2, 0.25) is 0 Å². The van der Waals surface area contributed by atoms with E-state index in [-0.39, 0.29) is 11.3 Å². The van der Waals surface area contributed by atoms with Gasteiger partial charge in [-0.05, 0) is 40.6 Å². The van der Waals surface area contributed by atoms with Gasteiger partial charge in [0, 0.05) is 5.69 Å². The lowest BCUT2D eigenvalue weighted by Crippen LogP contribution is -2.02. The van der Waals surface area contributed by atoms with Crippen molar-refractivity contribution in [2.24, 2.45) is 0 Å². The van der Waals surface area contributed by atoms with E-state index in [1.807, 2.05) is 30.3 Å². The Bertz CT molecular complexity index is 891. The summed E-state index contributed by atoms with van der Waals surface area (Å²) in [5, 5.41) is 10.7. The first-order valence-corrected chi connectivity index (χ1v) is 7.40. The highest BCUT2D eigenvalue weighted by molar-refractivity contribution is 6.01. The molecule has 0 radical (unpaired) electrons. The Morgan fingerprint density at radius 3 is 2.38 bits per heavy atom. The molecule has 0 aliphatic rings. The third-order valence-electron chi connectivity index (χ3n) is 3.76. The molecule has 0 aliphatic carbocycles. The van der Waals surface area contributed by atoms with Crippen molar-refractivity contribution in [3.8, 4) is 11.5 Å². The molecular formula is C19H17NO4. The van der Waals surface area contributed by atoms with E-state index in [0.717, 1.165) is 16.3 Å². The Morgan fingerprint density at radius 1 is 1.04 bits per heavy atom. The molecule has 0 aliphatic heterocycles. The number of anilines is 1. The van der Waals surface area contributed by atoms with Crippen molar-refractivity contribution in [3.63, 3.8) is 0 Å². The van der Waals surface area contributed by atoms with Crippen LogP contribution in [0, 0.1) is 0 Å². The van der Waals surface area contributed by atoms with Crippen molar-refractivity contribution in [1.29, 1.82) is 0 Å². The van der Waals surface area contributed by atoms with Crippen LogP contribution in [0.1, 0.15) is 15.9 Å². The SMILES string of the molecule is COc1cc2cc(C(=O)O)c(N)cc2cc1OCc1ccccc1. The van der Waals surface area contributed by atoms with E-state index < -0.39 is 5.97 Å². The summed E-state index contributed by atoms with van der Waals surface area (Å²) in [5.41, 5.74) is 7.15. The van der Waals surface area contributed by atoms with Gasteiger partial charge in [0.2, 0.25) is 0 Å². The van der Waals surface area contributed by atoms with Gasteiger partial charge in [-0.3, -0.25) is 0 Å². The second-order valence-electron chi connectivity index (χ2n) is 5.37. The van der Waals surface area contributed by atoms with Crippen molar-refractivity contribution in [2.45, 2.75) is 6.61 Å². The molecule has 0 saturated heterocycles. The van der Waals surface area contributed by atoms with Gasteiger partial charge < -0.3 is 20.3 Å². The maximum atomic E-state index is 11.2. The van der Waals surface area contributed by atoms with Gasteiger partial charge >= 0.3 is 5.97 Å². The number of carboxylic acid groups (broad SMARTS) is 1. The molecule has 0 atom stereocenters. The molecule has 0 aromatic heterocycles. The molecule has 0 unspecified atom stereocenters. The standard InChI is InChI=1S/C19H17NO4/c1-23-17-9-13-7-15(19(21)22)16(20)8-14(13)10-18(17)24-11-12-5-3-2-4-6-12/h2-10H,11,20H2,1H3,(H,21,22). The predicted molar refractivity (Wildman–Crippen MR) is 92.6 cm³/mol. The fraction of sp³-hybridized carbons (Fsp3) is 0.105. The summed E-state index contributed by atoms with van der Waals surface area (Å²) < 4.78 is 11.2. The topological polar surface area (TPSA) is 81.8 Å². The molecule has 0 bridgehead atoms. The second kappa shape index (κ2) is 6.50. The number of nitrogen functional groups attached to an aromatic ring is 1. The van der Waals surface area contributed by atoms with Gasteiger partial charge in [0.05, 0.1) is 12.7 Å². The van der Waals surface area contributed by atoms with Gasteiger partial charge in [-0.1, -0.05) is 30.3 Å². The number of rotatable bonds is 5. The van der Waals surface area contributed by atoms with Gasteiger partial charge in [-0.2, -0.15) is 0 Å². The van der Waals surface area contributed by atoms with Gasteiger partial charge in [-0.15, -0.1) is 0 Å². The predicted octanol–water partition coefficient (Wildman–Crippen LogP) is 3.71. The number of fused-ring (bicyclic) bond motifs is 1. The van der Waals surface area contributed by atoms with Crippen LogP contribution in [0.25, 0.3) is 10.8 Å². The van der Waals surface area contributed by atoms with Crippen LogP contribution in [-0.4, -0.2) is 18.2 Å². The number of hydrogen-bond donors (Lipinski definition) is 2. The van der Waals surface area contributed by atoms with Crippen LogP contribution in [0.5, 0.6) is 11.5 Å². The van der Waals surface area contributed by atoms with E-state index in [2.05, 4.69) is 0 Å². The molecule has 3 N–H and O–H groups in total.